The molecule has 4 heteroatoms. The maximum Gasteiger partial charge on any atom is 0.155 e. The number of hydrogen-bond donors (Lipinski definition) is 1. The molecule has 0 aliphatic carbocycles. The Morgan fingerprint density at radius 2 is 1.68 bits per heavy atom. The van der Waals surface area contributed by atoms with Gasteiger partial charge in [-0.25, -0.2) is 0 Å². The third-order valence-corrected chi connectivity index (χ3v) is 4.26. The minimum atomic E-state index is -0.125. The van der Waals surface area contributed by atoms with Gasteiger partial charge in [-0.1, -0.05) is 37.1 Å². The van der Waals surface area contributed by atoms with E-state index in [1.54, 1.807) is 0 Å². The summed E-state index contributed by atoms with van der Waals surface area (Å²) in [5.74, 6) is -0.0625. The predicted octanol–water partition coefficient (Wildman–Crippen LogP) is 5.97. The minimum Gasteiger partial charge on any atom is -0.512 e. The summed E-state index contributed by atoms with van der Waals surface area (Å²) < 4.78 is 0. The fourth-order valence-corrected chi connectivity index (χ4v) is 2.78. The molecule has 0 saturated carbocycles. The Balaban J connectivity index is 0.000000425. The zero-order valence-corrected chi connectivity index (χ0v) is 19.6. The molecule has 3 aromatic rings. The molecule has 28 heavy (non-hydrogen) atoms. The van der Waals surface area contributed by atoms with Crippen LogP contribution in [0.1, 0.15) is 36.1 Å². The molecule has 1 aromatic heterocycles. The maximum atomic E-state index is 10.0. The largest absolute Gasteiger partial charge is 0.512 e. The molecule has 0 amide bonds. The molecule has 0 aliphatic heterocycles. The summed E-state index contributed by atoms with van der Waals surface area (Å²) in [6, 6.07) is 16.2. The number of aliphatic hydroxyl groups excluding tert-OH is 1. The van der Waals surface area contributed by atoms with Crippen LogP contribution in [-0.2, 0) is 24.9 Å². The van der Waals surface area contributed by atoms with Crippen LogP contribution in [0.4, 0.5) is 0 Å². The van der Waals surface area contributed by atoms with Crippen molar-refractivity contribution in [1.82, 2.24) is 4.98 Å². The van der Waals surface area contributed by atoms with Gasteiger partial charge in [0.15, 0.2) is 5.78 Å². The molecule has 0 fully saturated rings. The number of aryl methyl sites for hydroxylation is 4. The van der Waals surface area contributed by atoms with E-state index in [0.29, 0.717) is 0 Å². The number of ketones is 1. The van der Waals surface area contributed by atoms with Crippen LogP contribution in [0.3, 0.4) is 0 Å². The predicted molar refractivity (Wildman–Crippen MR) is 112 cm³/mol. The van der Waals surface area contributed by atoms with E-state index in [1.165, 1.54) is 47.6 Å². The molecule has 3 rings (SSSR count). The molecule has 0 unspecified atom stereocenters. The number of nitrogens with zero attached hydrogens (tertiary/aromatic N) is 1. The first kappa shape index (κ1) is 23.7. The average Bonchev–Trinajstić information content (AvgIpc) is 2.56. The van der Waals surface area contributed by atoms with Crippen LogP contribution < -0.4 is 0 Å². The molecular formula is C24H26IrNO2-. The molecule has 1 N–H and O–H groups in total. The Hall–Kier alpha value is -2.29. The standard InChI is InChI=1S/C19H18N.C5H8O2.Ir/c1-12-5-8-18-17(9-12)11-15(4)19(20-18)16-7-6-13(2)14(3)10-16;1-4(6)3-5(2)7;/h5-6,8-11H,1-4H3;3,6H,1-2H3;/q-1;;/b;4-3-;. The van der Waals surface area contributed by atoms with Gasteiger partial charge < -0.3 is 5.11 Å². The number of carbonyl (C=O) groups excluding carboxylic acids is 1. The van der Waals surface area contributed by atoms with Gasteiger partial charge in [0.1, 0.15) is 0 Å². The molecule has 0 atom stereocenters. The van der Waals surface area contributed by atoms with Crippen molar-refractivity contribution in [3.8, 4) is 11.3 Å². The van der Waals surface area contributed by atoms with Gasteiger partial charge in [0, 0.05) is 26.2 Å². The van der Waals surface area contributed by atoms with Crippen molar-refractivity contribution in [3.63, 3.8) is 0 Å². The molecule has 0 saturated heterocycles. The summed E-state index contributed by atoms with van der Waals surface area (Å²) in [5.41, 5.74) is 8.17. The van der Waals surface area contributed by atoms with Crippen molar-refractivity contribution in [1.29, 1.82) is 0 Å². The average molecular weight is 553 g/mol. The van der Waals surface area contributed by atoms with E-state index in [9.17, 15) is 4.79 Å². The van der Waals surface area contributed by atoms with E-state index in [-0.39, 0.29) is 31.6 Å². The van der Waals surface area contributed by atoms with E-state index in [4.69, 9.17) is 10.1 Å². The summed E-state index contributed by atoms with van der Waals surface area (Å²) in [7, 11) is 0. The van der Waals surface area contributed by atoms with Gasteiger partial charge >= 0.3 is 0 Å². The number of benzene rings is 2. The van der Waals surface area contributed by atoms with Gasteiger partial charge in [0.2, 0.25) is 0 Å². The monoisotopic (exact) mass is 553 g/mol. The van der Waals surface area contributed by atoms with Crippen molar-refractivity contribution in [3.05, 3.63) is 76.6 Å². The Morgan fingerprint density at radius 1 is 1.00 bits per heavy atom. The van der Waals surface area contributed by atoms with Crippen molar-refractivity contribution >= 4 is 16.7 Å². The number of allylic oxidation sites excluding steroid dienone is 2. The van der Waals surface area contributed by atoms with Gasteiger partial charge in [0.05, 0.1) is 11.3 Å². The van der Waals surface area contributed by atoms with E-state index in [1.807, 2.05) is 6.07 Å². The second-order valence-corrected chi connectivity index (χ2v) is 6.96. The van der Waals surface area contributed by atoms with Crippen molar-refractivity contribution < 1.29 is 30.0 Å². The Morgan fingerprint density at radius 3 is 2.21 bits per heavy atom. The Kier molecular flexibility index (Phi) is 8.74. The van der Waals surface area contributed by atoms with Gasteiger partial charge in [-0.2, -0.15) is 0 Å². The van der Waals surface area contributed by atoms with Crippen LogP contribution in [0, 0.1) is 33.8 Å². The first-order chi connectivity index (χ1) is 12.7. The Labute approximate surface area is 180 Å². The fourth-order valence-electron chi connectivity index (χ4n) is 2.78. The van der Waals surface area contributed by atoms with Crippen LogP contribution in [0.5, 0.6) is 0 Å². The molecule has 2 aromatic carbocycles. The number of carbonyl (C=O) groups is 1. The normalized spacial score (nSPS) is 10.7. The summed E-state index contributed by atoms with van der Waals surface area (Å²) in [4.78, 5) is 14.8. The van der Waals surface area contributed by atoms with E-state index in [2.05, 4.69) is 64.1 Å². The van der Waals surface area contributed by atoms with Crippen LogP contribution in [0.2, 0.25) is 0 Å². The summed E-state index contributed by atoms with van der Waals surface area (Å²) in [6.45, 7) is 11.3. The third kappa shape index (κ3) is 6.40. The zero-order valence-electron chi connectivity index (χ0n) is 17.2. The third-order valence-electron chi connectivity index (χ3n) is 4.26. The second-order valence-electron chi connectivity index (χ2n) is 6.96. The maximum absolute atomic E-state index is 10.0. The minimum absolute atomic E-state index is 0. The number of aliphatic hydroxyl groups is 1. The SMILES string of the molecule is CC(=O)/C=C(/C)O.Cc1ccc2nc(-c3[c-]cc(C)c(C)c3)c(C)cc2c1.[Ir]. The van der Waals surface area contributed by atoms with E-state index < -0.39 is 0 Å². The zero-order chi connectivity index (χ0) is 20.1. The van der Waals surface area contributed by atoms with Crippen molar-refractivity contribution in [2.24, 2.45) is 0 Å². The van der Waals surface area contributed by atoms with Crippen LogP contribution in [0.15, 0.2) is 48.2 Å². The number of pyridine rings is 1. The molecule has 0 aliphatic rings. The van der Waals surface area contributed by atoms with Crippen LogP contribution in [-0.4, -0.2) is 15.9 Å². The van der Waals surface area contributed by atoms with E-state index in [0.717, 1.165) is 16.8 Å². The summed E-state index contributed by atoms with van der Waals surface area (Å²) in [5, 5.41) is 9.57. The fraction of sp³-hybridized carbons (Fsp3) is 0.250. The van der Waals surface area contributed by atoms with Gasteiger partial charge in [-0.05, 0) is 50.9 Å². The van der Waals surface area contributed by atoms with Gasteiger partial charge in [0.25, 0.3) is 0 Å². The number of hydrogen-bond acceptors (Lipinski definition) is 3. The molecular weight excluding hydrogens is 526 g/mol. The van der Waals surface area contributed by atoms with Crippen molar-refractivity contribution in [2.75, 3.05) is 0 Å². The summed E-state index contributed by atoms with van der Waals surface area (Å²) in [6.07, 6.45) is 1.17. The molecule has 0 spiro atoms. The number of aromatic nitrogens is 1. The first-order valence-corrected chi connectivity index (χ1v) is 8.92. The number of fused-ring (bicyclic) bond motifs is 1. The second kappa shape index (κ2) is 10.3. The Bertz CT molecular complexity index is 1020. The molecule has 3 nitrogen and oxygen atoms in total. The first-order valence-electron chi connectivity index (χ1n) is 8.92. The van der Waals surface area contributed by atoms with Gasteiger partial charge in [-0.15, -0.1) is 34.9 Å². The molecule has 1 radical (unpaired) electrons. The molecule has 0 bridgehead atoms. The summed E-state index contributed by atoms with van der Waals surface area (Å²) >= 11 is 0. The number of rotatable bonds is 2. The molecule has 1 heterocycles. The molecule has 149 valence electrons. The van der Waals surface area contributed by atoms with Gasteiger partial charge in [-0.3, -0.25) is 9.78 Å². The van der Waals surface area contributed by atoms with Crippen LogP contribution in [0.25, 0.3) is 22.2 Å². The quantitative estimate of drug-likeness (QED) is 0.242. The van der Waals surface area contributed by atoms with Crippen molar-refractivity contribution in [2.45, 2.75) is 41.5 Å². The van der Waals surface area contributed by atoms with E-state index >= 15 is 0 Å². The smallest absolute Gasteiger partial charge is 0.155 e. The topological polar surface area (TPSA) is 50.2 Å². The van der Waals surface area contributed by atoms with Crippen LogP contribution >= 0.6 is 0 Å².